The number of hydrogen-bond acceptors (Lipinski definition) is 3. The Hall–Kier alpha value is -2.16. The SMILES string of the molecule is CCCCc1cc(C)c(N=Nc2ccc(OC)cc2)cc1C. The van der Waals surface area contributed by atoms with Crippen LogP contribution in [-0.2, 0) is 6.42 Å². The Kier molecular flexibility index (Phi) is 5.70. The molecule has 0 atom stereocenters. The summed E-state index contributed by atoms with van der Waals surface area (Å²) in [4.78, 5) is 0. The molecule has 0 saturated carbocycles. The van der Waals surface area contributed by atoms with Crippen molar-refractivity contribution < 1.29 is 4.74 Å². The first-order valence-corrected chi connectivity index (χ1v) is 7.80. The van der Waals surface area contributed by atoms with E-state index in [2.05, 4.69) is 43.1 Å². The molecule has 0 fully saturated rings. The molecule has 3 nitrogen and oxygen atoms in total. The van der Waals surface area contributed by atoms with Gasteiger partial charge in [-0.2, -0.15) is 10.2 Å². The summed E-state index contributed by atoms with van der Waals surface area (Å²) in [5.41, 5.74) is 5.65. The van der Waals surface area contributed by atoms with Gasteiger partial charge in [0.15, 0.2) is 0 Å². The Morgan fingerprint density at radius 2 is 1.68 bits per heavy atom. The monoisotopic (exact) mass is 296 g/mol. The highest BCUT2D eigenvalue weighted by Crippen LogP contribution is 2.27. The molecule has 0 aromatic heterocycles. The average Bonchev–Trinajstić information content (AvgIpc) is 2.54. The fourth-order valence-electron chi connectivity index (χ4n) is 2.37. The normalized spacial score (nSPS) is 11.1. The molecule has 3 heteroatoms. The fourth-order valence-corrected chi connectivity index (χ4v) is 2.37. The van der Waals surface area contributed by atoms with Crippen LogP contribution < -0.4 is 4.74 Å². The molecule has 2 aromatic carbocycles. The highest BCUT2D eigenvalue weighted by Gasteiger charge is 2.04. The van der Waals surface area contributed by atoms with E-state index in [4.69, 9.17) is 4.74 Å². The zero-order valence-electron chi connectivity index (χ0n) is 13.9. The lowest BCUT2D eigenvalue weighted by atomic mass is 9.99. The number of unbranched alkanes of at least 4 members (excludes halogenated alkanes) is 1. The van der Waals surface area contributed by atoms with Crippen LogP contribution in [0.3, 0.4) is 0 Å². The van der Waals surface area contributed by atoms with Gasteiger partial charge in [0.2, 0.25) is 0 Å². The Morgan fingerprint density at radius 3 is 2.32 bits per heavy atom. The minimum atomic E-state index is 0.825. The van der Waals surface area contributed by atoms with E-state index in [1.54, 1.807) is 7.11 Å². The smallest absolute Gasteiger partial charge is 0.119 e. The van der Waals surface area contributed by atoms with Crippen molar-refractivity contribution in [1.29, 1.82) is 0 Å². The van der Waals surface area contributed by atoms with Crippen molar-refractivity contribution in [3.8, 4) is 5.75 Å². The molecular formula is C19H24N2O. The third-order valence-electron chi connectivity index (χ3n) is 3.80. The van der Waals surface area contributed by atoms with Gasteiger partial charge in [0, 0.05) is 0 Å². The topological polar surface area (TPSA) is 34.0 Å². The maximum Gasteiger partial charge on any atom is 0.119 e. The molecule has 2 aromatic rings. The van der Waals surface area contributed by atoms with Gasteiger partial charge in [-0.15, -0.1) is 0 Å². The molecule has 22 heavy (non-hydrogen) atoms. The molecule has 0 unspecified atom stereocenters. The highest BCUT2D eigenvalue weighted by atomic mass is 16.5. The number of aryl methyl sites for hydroxylation is 3. The molecule has 0 saturated heterocycles. The second-order valence-electron chi connectivity index (χ2n) is 5.57. The average molecular weight is 296 g/mol. The van der Waals surface area contributed by atoms with Gasteiger partial charge < -0.3 is 4.74 Å². The molecular weight excluding hydrogens is 272 g/mol. The summed E-state index contributed by atoms with van der Waals surface area (Å²) < 4.78 is 5.14. The fraction of sp³-hybridized carbons (Fsp3) is 0.368. The van der Waals surface area contributed by atoms with Gasteiger partial charge in [-0.05, 0) is 73.7 Å². The Morgan fingerprint density at radius 1 is 0.955 bits per heavy atom. The lowest BCUT2D eigenvalue weighted by Gasteiger charge is -2.08. The summed E-state index contributed by atoms with van der Waals surface area (Å²) in [7, 11) is 1.66. The van der Waals surface area contributed by atoms with Crippen LogP contribution in [0.25, 0.3) is 0 Å². The first-order chi connectivity index (χ1) is 10.6. The van der Waals surface area contributed by atoms with E-state index in [0.717, 1.165) is 23.5 Å². The van der Waals surface area contributed by atoms with Crippen LogP contribution in [0.1, 0.15) is 36.5 Å². The summed E-state index contributed by atoms with van der Waals surface area (Å²) in [6, 6.07) is 12.0. The van der Waals surface area contributed by atoms with Crippen LogP contribution in [0.2, 0.25) is 0 Å². The third kappa shape index (κ3) is 4.17. The van der Waals surface area contributed by atoms with Gasteiger partial charge in [-0.3, -0.25) is 0 Å². The molecule has 0 bridgehead atoms. The van der Waals surface area contributed by atoms with Crippen LogP contribution in [0.15, 0.2) is 46.6 Å². The summed E-state index contributed by atoms with van der Waals surface area (Å²) in [5.74, 6) is 0.825. The van der Waals surface area contributed by atoms with Crippen molar-refractivity contribution >= 4 is 11.4 Å². The maximum absolute atomic E-state index is 5.14. The van der Waals surface area contributed by atoms with E-state index in [0.29, 0.717) is 0 Å². The van der Waals surface area contributed by atoms with Crippen LogP contribution in [0.4, 0.5) is 11.4 Å². The summed E-state index contributed by atoms with van der Waals surface area (Å²) in [5, 5.41) is 8.71. The Bertz CT molecular complexity index is 645. The Labute approximate surface area is 133 Å². The molecule has 0 amide bonds. The van der Waals surface area contributed by atoms with Gasteiger partial charge in [-0.25, -0.2) is 0 Å². The summed E-state index contributed by atoms with van der Waals surface area (Å²) in [6.07, 6.45) is 3.59. The minimum Gasteiger partial charge on any atom is -0.497 e. The van der Waals surface area contributed by atoms with Gasteiger partial charge in [0.1, 0.15) is 5.75 Å². The van der Waals surface area contributed by atoms with E-state index in [1.165, 1.54) is 29.5 Å². The van der Waals surface area contributed by atoms with E-state index in [9.17, 15) is 0 Å². The Balaban J connectivity index is 2.17. The molecule has 0 aliphatic carbocycles. The first-order valence-electron chi connectivity index (χ1n) is 7.80. The second kappa shape index (κ2) is 7.74. The van der Waals surface area contributed by atoms with E-state index < -0.39 is 0 Å². The molecule has 0 aliphatic heterocycles. The number of ether oxygens (including phenoxy) is 1. The quantitative estimate of drug-likeness (QED) is 0.595. The van der Waals surface area contributed by atoms with Gasteiger partial charge >= 0.3 is 0 Å². The minimum absolute atomic E-state index is 0.825. The first kappa shape index (κ1) is 16.2. The van der Waals surface area contributed by atoms with Gasteiger partial charge in [-0.1, -0.05) is 19.4 Å². The molecule has 2 rings (SSSR count). The lowest BCUT2D eigenvalue weighted by molar-refractivity contribution is 0.415. The van der Waals surface area contributed by atoms with Crippen molar-refractivity contribution in [2.24, 2.45) is 10.2 Å². The zero-order valence-corrected chi connectivity index (χ0v) is 13.9. The van der Waals surface area contributed by atoms with Gasteiger partial charge in [0.05, 0.1) is 18.5 Å². The lowest BCUT2D eigenvalue weighted by Crippen LogP contribution is -1.91. The van der Waals surface area contributed by atoms with Crippen LogP contribution in [0, 0.1) is 13.8 Å². The maximum atomic E-state index is 5.14. The van der Waals surface area contributed by atoms with Gasteiger partial charge in [0.25, 0.3) is 0 Å². The van der Waals surface area contributed by atoms with Crippen molar-refractivity contribution in [3.63, 3.8) is 0 Å². The number of rotatable bonds is 6. The molecule has 116 valence electrons. The van der Waals surface area contributed by atoms with Crippen molar-refractivity contribution in [2.45, 2.75) is 40.0 Å². The van der Waals surface area contributed by atoms with Crippen LogP contribution >= 0.6 is 0 Å². The third-order valence-corrected chi connectivity index (χ3v) is 3.80. The molecule has 0 N–H and O–H groups in total. The second-order valence-corrected chi connectivity index (χ2v) is 5.57. The summed E-state index contributed by atoms with van der Waals surface area (Å²) in [6.45, 7) is 6.47. The van der Waals surface area contributed by atoms with Crippen molar-refractivity contribution in [3.05, 3.63) is 53.1 Å². The highest BCUT2D eigenvalue weighted by molar-refractivity contribution is 5.51. The predicted octanol–water partition coefficient (Wildman–Crippen LogP) is 6.07. The summed E-state index contributed by atoms with van der Waals surface area (Å²) >= 11 is 0. The molecule has 0 spiro atoms. The molecule has 0 radical (unpaired) electrons. The van der Waals surface area contributed by atoms with E-state index in [1.807, 2.05) is 24.3 Å². The predicted molar refractivity (Wildman–Crippen MR) is 91.7 cm³/mol. The standard InChI is InChI=1S/C19H24N2O/c1-5-6-7-16-12-15(3)19(13-14(16)2)21-20-17-8-10-18(22-4)11-9-17/h8-13H,5-7H2,1-4H3. The molecule has 0 aliphatic rings. The largest absolute Gasteiger partial charge is 0.497 e. The van der Waals surface area contributed by atoms with Crippen LogP contribution in [-0.4, -0.2) is 7.11 Å². The van der Waals surface area contributed by atoms with Crippen molar-refractivity contribution in [2.75, 3.05) is 7.11 Å². The number of methoxy groups -OCH3 is 1. The number of benzene rings is 2. The van der Waals surface area contributed by atoms with Crippen LogP contribution in [0.5, 0.6) is 5.75 Å². The number of hydrogen-bond donors (Lipinski definition) is 0. The van der Waals surface area contributed by atoms with E-state index >= 15 is 0 Å². The zero-order chi connectivity index (χ0) is 15.9. The van der Waals surface area contributed by atoms with E-state index in [-0.39, 0.29) is 0 Å². The number of nitrogens with zero attached hydrogens (tertiary/aromatic N) is 2. The molecule has 0 heterocycles. The van der Waals surface area contributed by atoms with Crippen molar-refractivity contribution in [1.82, 2.24) is 0 Å². The number of azo groups is 1.